The number of carbonyl (C=O) groups excluding carboxylic acids is 2. The maximum atomic E-state index is 14.7. The van der Waals surface area contributed by atoms with Gasteiger partial charge in [-0.3, -0.25) is 14.6 Å². The van der Waals surface area contributed by atoms with Gasteiger partial charge in [0.1, 0.15) is 5.75 Å². The SMILES string of the molecule is C=CCCCC(=O)N1CCCC(COc2cnccc2-c2[nH]c3c(c2Nc2cccc(F)c2OC)C(=O)NCC3CC=C)C1. The second-order valence-corrected chi connectivity index (χ2v) is 11.3. The monoisotopic (exact) mass is 601 g/mol. The molecule has 232 valence electrons. The van der Waals surface area contributed by atoms with Crippen molar-refractivity contribution in [3.63, 3.8) is 0 Å². The molecule has 0 aliphatic carbocycles. The normalized spacial score (nSPS) is 17.8. The van der Waals surface area contributed by atoms with Gasteiger partial charge >= 0.3 is 0 Å². The molecule has 1 saturated heterocycles. The van der Waals surface area contributed by atoms with Gasteiger partial charge in [0.15, 0.2) is 11.6 Å². The molecule has 2 aliphatic rings. The summed E-state index contributed by atoms with van der Waals surface area (Å²) in [6.07, 6.45) is 11.7. The minimum atomic E-state index is -0.522. The van der Waals surface area contributed by atoms with Crippen LogP contribution >= 0.6 is 0 Å². The lowest BCUT2D eigenvalue weighted by atomic mass is 9.93. The Hall–Kier alpha value is -4.60. The number of piperidine rings is 1. The van der Waals surface area contributed by atoms with Gasteiger partial charge in [0.05, 0.1) is 42.5 Å². The summed E-state index contributed by atoms with van der Waals surface area (Å²) < 4.78 is 26.4. The van der Waals surface area contributed by atoms with Crippen LogP contribution in [0.4, 0.5) is 15.8 Å². The number of para-hydroxylation sites is 1. The lowest BCUT2D eigenvalue weighted by Gasteiger charge is -2.33. The molecule has 1 aromatic carbocycles. The van der Waals surface area contributed by atoms with Crippen LogP contribution in [0.1, 0.15) is 60.5 Å². The first-order valence-electron chi connectivity index (χ1n) is 15.1. The van der Waals surface area contributed by atoms with E-state index in [9.17, 15) is 14.0 Å². The fourth-order valence-electron chi connectivity index (χ4n) is 6.04. The standard InChI is InChI=1S/C34H40FN5O4/c1-4-6-7-14-28(41)40-17-9-11-22(20-40)21-44-27-19-36-16-15-24(27)31-32(38-26-13-8-12-25(35)33(26)43-3)29-30(39-31)23(10-5-2)18-37-34(29)42/h4-5,8,12-13,15-16,19,22-23,38-39H,1-2,6-7,9-11,14,17-18,20-21H2,3H3,(H,37,42). The molecule has 2 aromatic heterocycles. The second-order valence-electron chi connectivity index (χ2n) is 11.3. The van der Waals surface area contributed by atoms with Crippen molar-refractivity contribution in [3.05, 3.63) is 79.0 Å². The summed E-state index contributed by atoms with van der Waals surface area (Å²) in [6, 6.07) is 6.43. The van der Waals surface area contributed by atoms with Gasteiger partial charge in [-0.1, -0.05) is 18.2 Å². The Morgan fingerprint density at radius 2 is 2.14 bits per heavy atom. The summed E-state index contributed by atoms with van der Waals surface area (Å²) in [5.74, 6) is 0.144. The molecule has 10 heteroatoms. The molecule has 3 aromatic rings. The van der Waals surface area contributed by atoms with Gasteiger partial charge < -0.3 is 30.0 Å². The fraction of sp³-hybridized carbons (Fsp3) is 0.382. The van der Waals surface area contributed by atoms with Crippen molar-refractivity contribution < 1.29 is 23.5 Å². The van der Waals surface area contributed by atoms with Crippen molar-refractivity contribution in [2.45, 2.75) is 44.4 Å². The molecule has 2 amide bonds. The molecular weight excluding hydrogens is 561 g/mol. The van der Waals surface area contributed by atoms with E-state index >= 15 is 0 Å². The van der Waals surface area contributed by atoms with Crippen LogP contribution < -0.4 is 20.1 Å². The number of anilines is 2. The third kappa shape index (κ3) is 6.64. The molecule has 1 fully saturated rings. The molecule has 9 nitrogen and oxygen atoms in total. The first kappa shape index (κ1) is 30.8. The maximum Gasteiger partial charge on any atom is 0.255 e. The van der Waals surface area contributed by atoms with Crippen molar-refractivity contribution in [2.24, 2.45) is 5.92 Å². The number of amides is 2. The van der Waals surface area contributed by atoms with Gasteiger partial charge in [-0.05, 0) is 50.3 Å². The van der Waals surface area contributed by atoms with Gasteiger partial charge in [-0.25, -0.2) is 4.39 Å². The average Bonchev–Trinajstić information content (AvgIpc) is 3.42. The van der Waals surface area contributed by atoms with E-state index in [4.69, 9.17) is 9.47 Å². The molecule has 2 atom stereocenters. The van der Waals surface area contributed by atoms with Gasteiger partial charge in [-0.2, -0.15) is 0 Å². The number of H-pyrrole nitrogens is 1. The highest BCUT2D eigenvalue weighted by atomic mass is 19.1. The Bertz CT molecular complexity index is 1520. The number of ether oxygens (including phenoxy) is 2. The number of nitrogens with zero attached hydrogens (tertiary/aromatic N) is 2. The van der Waals surface area contributed by atoms with E-state index in [0.29, 0.717) is 66.5 Å². The molecule has 0 radical (unpaired) electrons. The summed E-state index contributed by atoms with van der Waals surface area (Å²) in [7, 11) is 1.40. The second kappa shape index (κ2) is 14.2. The molecule has 5 rings (SSSR count). The van der Waals surface area contributed by atoms with Crippen molar-refractivity contribution >= 4 is 23.2 Å². The number of allylic oxidation sites excluding steroid dienone is 2. The summed E-state index contributed by atoms with van der Waals surface area (Å²) in [4.78, 5) is 35.8. The van der Waals surface area contributed by atoms with E-state index in [-0.39, 0.29) is 29.4 Å². The number of carbonyl (C=O) groups is 2. The Balaban J connectivity index is 1.46. The van der Waals surface area contributed by atoms with Gasteiger partial charge in [0.2, 0.25) is 5.91 Å². The van der Waals surface area contributed by atoms with Gasteiger partial charge in [0.25, 0.3) is 5.91 Å². The molecule has 2 unspecified atom stereocenters. The zero-order valence-corrected chi connectivity index (χ0v) is 25.2. The van der Waals surface area contributed by atoms with Crippen LogP contribution in [0.3, 0.4) is 0 Å². The third-order valence-electron chi connectivity index (χ3n) is 8.25. The number of hydrogen-bond donors (Lipinski definition) is 3. The van der Waals surface area contributed by atoms with E-state index in [1.807, 2.05) is 23.1 Å². The lowest BCUT2D eigenvalue weighted by molar-refractivity contribution is -0.133. The summed E-state index contributed by atoms with van der Waals surface area (Å²) in [5, 5.41) is 6.28. The highest BCUT2D eigenvalue weighted by molar-refractivity contribution is 6.07. The highest BCUT2D eigenvalue weighted by Crippen LogP contribution is 2.44. The lowest BCUT2D eigenvalue weighted by Crippen LogP contribution is -2.41. The van der Waals surface area contributed by atoms with Crippen molar-refractivity contribution in [1.82, 2.24) is 20.2 Å². The zero-order chi connectivity index (χ0) is 31.1. The van der Waals surface area contributed by atoms with E-state index < -0.39 is 5.82 Å². The predicted molar refractivity (Wildman–Crippen MR) is 169 cm³/mol. The number of benzene rings is 1. The molecule has 0 bridgehead atoms. The van der Waals surface area contributed by atoms with Crippen molar-refractivity contribution in [3.8, 4) is 22.8 Å². The molecular formula is C34H40FN5O4. The predicted octanol–water partition coefficient (Wildman–Crippen LogP) is 6.34. The number of pyridine rings is 1. The van der Waals surface area contributed by atoms with Gasteiger partial charge in [0, 0.05) is 55.3 Å². The fourth-order valence-corrected chi connectivity index (χ4v) is 6.04. The summed E-state index contributed by atoms with van der Waals surface area (Å²) >= 11 is 0. The number of rotatable bonds is 13. The van der Waals surface area contributed by atoms with Crippen molar-refractivity contribution in [2.75, 3.05) is 38.7 Å². The molecule has 0 spiro atoms. The first-order valence-corrected chi connectivity index (χ1v) is 15.1. The number of hydrogen-bond acceptors (Lipinski definition) is 6. The smallest absolute Gasteiger partial charge is 0.255 e. The van der Waals surface area contributed by atoms with Crippen LogP contribution in [0.15, 0.2) is 62.0 Å². The summed E-state index contributed by atoms with van der Waals surface area (Å²) in [6.45, 7) is 9.92. The Morgan fingerprint density at radius 1 is 1.27 bits per heavy atom. The van der Waals surface area contributed by atoms with Crippen LogP contribution in [-0.4, -0.2) is 60.0 Å². The number of fused-ring (bicyclic) bond motifs is 1. The zero-order valence-electron chi connectivity index (χ0n) is 25.2. The molecule has 0 saturated carbocycles. The topological polar surface area (TPSA) is 109 Å². The van der Waals surface area contributed by atoms with Gasteiger partial charge in [-0.15, -0.1) is 13.2 Å². The average molecular weight is 602 g/mol. The van der Waals surface area contributed by atoms with E-state index in [1.54, 1.807) is 24.5 Å². The van der Waals surface area contributed by atoms with Crippen LogP contribution in [-0.2, 0) is 4.79 Å². The number of nitrogens with one attached hydrogen (secondary N) is 3. The van der Waals surface area contributed by atoms with E-state index in [1.165, 1.54) is 13.2 Å². The summed E-state index contributed by atoms with van der Waals surface area (Å²) in [5.41, 5.74) is 3.40. The Morgan fingerprint density at radius 3 is 2.93 bits per heavy atom. The Labute approximate surface area is 257 Å². The molecule has 44 heavy (non-hydrogen) atoms. The number of methoxy groups -OCH3 is 1. The highest BCUT2D eigenvalue weighted by Gasteiger charge is 2.33. The van der Waals surface area contributed by atoms with Crippen LogP contribution in [0.2, 0.25) is 0 Å². The number of unbranched alkanes of at least 4 members (excludes halogenated alkanes) is 1. The molecule has 2 aliphatic heterocycles. The quantitative estimate of drug-likeness (QED) is 0.156. The number of likely N-dealkylation sites (tertiary alicyclic amines) is 1. The molecule has 3 N–H and O–H groups in total. The van der Waals surface area contributed by atoms with E-state index in [2.05, 4.69) is 33.8 Å². The first-order chi connectivity index (χ1) is 21.4. The van der Waals surface area contributed by atoms with Crippen LogP contribution in [0.25, 0.3) is 11.3 Å². The minimum absolute atomic E-state index is 0.0210. The van der Waals surface area contributed by atoms with Crippen LogP contribution in [0, 0.1) is 11.7 Å². The number of aromatic amines is 1. The Kier molecular flexibility index (Phi) is 9.99. The number of halogens is 1. The molecule has 4 heterocycles. The van der Waals surface area contributed by atoms with E-state index in [0.717, 1.165) is 37.9 Å². The number of aromatic nitrogens is 2. The maximum absolute atomic E-state index is 14.7. The van der Waals surface area contributed by atoms with Crippen molar-refractivity contribution in [1.29, 1.82) is 0 Å². The third-order valence-corrected chi connectivity index (χ3v) is 8.25. The van der Waals surface area contributed by atoms with Crippen LogP contribution in [0.5, 0.6) is 11.5 Å². The minimum Gasteiger partial charge on any atom is -0.492 e. The largest absolute Gasteiger partial charge is 0.492 e.